The summed E-state index contributed by atoms with van der Waals surface area (Å²) < 4.78 is 5.32. The second-order valence-corrected chi connectivity index (χ2v) is 5.67. The molecule has 0 fully saturated rings. The summed E-state index contributed by atoms with van der Waals surface area (Å²) in [5.74, 6) is -0.693. The molecule has 7 heteroatoms. The van der Waals surface area contributed by atoms with E-state index in [0.29, 0.717) is 21.9 Å². The van der Waals surface area contributed by atoms with Crippen LogP contribution in [0.25, 0.3) is 0 Å². The third kappa shape index (κ3) is 2.58. The van der Waals surface area contributed by atoms with E-state index in [1.54, 1.807) is 30.3 Å². The van der Waals surface area contributed by atoms with Gasteiger partial charge in [0.05, 0.1) is 10.6 Å². The van der Waals surface area contributed by atoms with Gasteiger partial charge in [-0.15, -0.1) is 11.3 Å². The number of ketones is 1. The number of nitrogens with two attached hydrogens (primary N) is 1. The normalized spacial score (nSPS) is 13.5. The first-order chi connectivity index (χ1) is 10.6. The molecule has 0 saturated heterocycles. The lowest BCUT2D eigenvalue weighted by atomic mass is 10.1. The lowest BCUT2D eigenvalue weighted by molar-refractivity contribution is -0.124. The van der Waals surface area contributed by atoms with Crippen LogP contribution >= 0.6 is 11.3 Å². The Morgan fingerprint density at radius 1 is 1.32 bits per heavy atom. The molecule has 1 aliphatic rings. The van der Waals surface area contributed by atoms with Crippen LogP contribution in [0.1, 0.15) is 15.2 Å². The van der Waals surface area contributed by atoms with E-state index in [2.05, 4.69) is 0 Å². The van der Waals surface area contributed by atoms with E-state index in [0.717, 1.165) is 0 Å². The zero-order valence-corrected chi connectivity index (χ0v) is 12.3. The van der Waals surface area contributed by atoms with Crippen LogP contribution in [0.3, 0.4) is 0 Å². The summed E-state index contributed by atoms with van der Waals surface area (Å²) in [6, 6.07) is 8.34. The van der Waals surface area contributed by atoms with Gasteiger partial charge in [-0.25, -0.2) is 0 Å². The minimum Gasteiger partial charge on any atom is -0.482 e. The van der Waals surface area contributed by atoms with E-state index in [9.17, 15) is 14.4 Å². The summed E-state index contributed by atoms with van der Waals surface area (Å²) >= 11 is 1.34. The molecule has 1 aliphatic heterocycles. The van der Waals surface area contributed by atoms with E-state index in [-0.39, 0.29) is 24.8 Å². The zero-order chi connectivity index (χ0) is 15.7. The Labute approximate surface area is 130 Å². The average molecular weight is 316 g/mol. The molecule has 3 rings (SSSR count). The molecule has 0 saturated carbocycles. The summed E-state index contributed by atoms with van der Waals surface area (Å²) in [6.45, 7) is -0.398. The van der Waals surface area contributed by atoms with Gasteiger partial charge in [-0.3, -0.25) is 19.3 Å². The summed E-state index contributed by atoms with van der Waals surface area (Å²) in [4.78, 5) is 37.3. The molecular formula is C15H12N2O4S. The Morgan fingerprint density at radius 3 is 2.82 bits per heavy atom. The standard InChI is InChI=1S/C15H12N2O4S/c16-13(18)7-17-10-6-9(15(20)12-2-1-5-22-12)3-4-11(10)21-8-14(17)19/h1-6H,7-8H2,(H2,16,18). The van der Waals surface area contributed by atoms with Crippen LogP contribution in [-0.4, -0.2) is 30.7 Å². The SMILES string of the molecule is NC(=O)CN1C(=O)COc2ccc(C(=O)c3cccs3)cc21. The Hall–Kier alpha value is -2.67. The van der Waals surface area contributed by atoms with Crippen LogP contribution in [0, 0.1) is 0 Å². The number of amides is 2. The highest BCUT2D eigenvalue weighted by Gasteiger charge is 2.27. The molecule has 0 atom stereocenters. The smallest absolute Gasteiger partial charge is 0.265 e. The molecule has 0 aliphatic carbocycles. The van der Waals surface area contributed by atoms with Crippen molar-refractivity contribution < 1.29 is 19.1 Å². The lowest BCUT2D eigenvalue weighted by Gasteiger charge is -2.28. The molecule has 0 radical (unpaired) electrons. The molecule has 0 spiro atoms. The van der Waals surface area contributed by atoms with E-state index in [4.69, 9.17) is 10.5 Å². The minimum absolute atomic E-state index is 0.144. The van der Waals surface area contributed by atoms with E-state index < -0.39 is 5.91 Å². The minimum atomic E-state index is -0.629. The Morgan fingerprint density at radius 2 is 2.14 bits per heavy atom. The van der Waals surface area contributed by atoms with Crippen molar-refractivity contribution in [3.63, 3.8) is 0 Å². The number of primary amides is 1. The van der Waals surface area contributed by atoms with Crippen molar-refractivity contribution in [2.75, 3.05) is 18.1 Å². The quantitative estimate of drug-likeness (QED) is 0.858. The molecule has 0 unspecified atom stereocenters. The molecule has 1 aromatic carbocycles. The van der Waals surface area contributed by atoms with Crippen molar-refractivity contribution in [3.05, 3.63) is 46.2 Å². The number of nitrogens with zero attached hydrogens (tertiary/aromatic N) is 1. The van der Waals surface area contributed by atoms with Crippen molar-refractivity contribution in [3.8, 4) is 5.75 Å². The molecule has 6 nitrogen and oxygen atoms in total. The number of benzene rings is 1. The Bertz CT molecular complexity index is 755. The van der Waals surface area contributed by atoms with Crippen molar-refractivity contribution in [2.45, 2.75) is 0 Å². The second kappa shape index (κ2) is 5.61. The van der Waals surface area contributed by atoms with Gasteiger partial charge in [0.2, 0.25) is 11.7 Å². The van der Waals surface area contributed by atoms with Gasteiger partial charge in [-0.05, 0) is 29.6 Å². The number of carbonyl (C=O) groups is 3. The van der Waals surface area contributed by atoms with Gasteiger partial charge >= 0.3 is 0 Å². The summed E-state index contributed by atoms with van der Waals surface area (Å²) in [5, 5.41) is 1.82. The maximum absolute atomic E-state index is 12.4. The molecule has 0 bridgehead atoms. The van der Waals surface area contributed by atoms with Crippen LogP contribution < -0.4 is 15.4 Å². The number of anilines is 1. The highest BCUT2D eigenvalue weighted by molar-refractivity contribution is 7.12. The lowest BCUT2D eigenvalue weighted by Crippen LogP contribution is -2.43. The molecule has 22 heavy (non-hydrogen) atoms. The summed E-state index contributed by atoms with van der Waals surface area (Å²) in [5.41, 5.74) is 5.99. The van der Waals surface area contributed by atoms with Crippen molar-refractivity contribution in [1.29, 1.82) is 0 Å². The van der Waals surface area contributed by atoms with E-state index in [1.165, 1.54) is 16.2 Å². The fourth-order valence-corrected chi connectivity index (χ4v) is 2.91. The molecular weight excluding hydrogens is 304 g/mol. The van der Waals surface area contributed by atoms with Gasteiger partial charge in [0, 0.05) is 5.56 Å². The number of rotatable bonds is 4. The van der Waals surface area contributed by atoms with Gasteiger partial charge in [0.25, 0.3) is 5.91 Å². The van der Waals surface area contributed by atoms with Gasteiger partial charge in [0.1, 0.15) is 12.3 Å². The molecule has 2 aromatic rings. The van der Waals surface area contributed by atoms with E-state index in [1.807, 2.05) is 5.38 Å². The van der Waals surface area contributed by atoms with Crippen molar-refractivity contribution >= 4 is 34.6 Å². The molecule has 2 amide bonds. The average Bonchev–Trinajstić information content (AvgIpc) is 3.03. The van der Waals surface area contributed by atoms with Gasteiger partial charge in [0.15, 0.2) is 6.61 Å². The van der Waals surface area contributed by atoms with Crippen LogP contribution in [0.4, 0.5) is 5.69 Å². The third-order valence-corrected chi connectivity index (χ3v) is 4.09. The summed E-state index contributed by atoms with van der Waals surface area (Å²) in [6.07, 6.45) is 0. The molecule has 112 valence electrons. The summed E-state index contributed by atoms with van der Waals surface area (Å²) in [7, 11) is 0. The molecule has 2 heterocycles. The highest BCUT2D eigenvalue weighted by atomic mass is 32.1. The van der Waals surface area contributed by atoms with Crippen molar-refractivity contribution in [2.24, 2.45) is 5.73 Å². The number of hydrogen-bond donors (Lipinski definition) is 1. The number of thiophene rings is 1. The second-order valence-electron chi connectivity index (χ2n) is 4.72. The highest BCUT2D eigenvalue weighted by Crippen LogP contribution is 2.33. The third-order valence-electron chi connectivity index (χ3n) is 3.22. The Balaban J connectivity index is 2.00. The molecule has 1 aromatic heterocycles. The zero-order valence-electron chi connectivity index (χ0n) is 11.4. The van der Waals surface area contributed by atoms with Crippen molar-refractivity contribution in [1.82, 2.24) is 0 Å². The first-order valence-corrected chi connectivity index (χ1v) is 7.38. The maximum atomic E-state index is 12.4. The van der Waals surface area contributed by atoms with Crippen LogP contribution in [0.5, 0.6) is 5.75 Å². The fraction of sp³-hybridized carbons (Fsp3) is 0.133. The first-order valence-electron chi connectivity index (χ1n) is 6.50. The van der Waals surface area contributed by atoms with Gasteiger partial charge < -0.3 is 10.5 Å². The monoisotopic (exact) mass is 316 g/mol. The predicted octanol–water partition coefficient (Wildman–Crippen LogP) is 1.19. The topological polar surface area (TPSA) is 89.7 Å². The number of hydrogen-bond acceptors (Lipinski definition) is 5. The number of fused-ring (bicyclic) bond motifs is 1. The Kier molecular flexibility index (Phi) is 3.64. The van der Waals surface area contributed by atoms with Crippen LogP contribution in [0.2, 0.25) is 0 Å². The number of carbonyl (C=O) groups excluding carboxylic acids is 3. The fourth-order valence-electron chi connectivity index (χ4n) is 2.22. The maximum Gasteiger partial charge on any atom is 0.265 e. The van der Waals surface area contributed by atoms with Gasteiger partial charge in [-0.1, -0.05) is 6.07 Å². The largest absolute Gasteiger partial charge is 0.482 e. The predicted molar refractivity (Wildman–Crippen MR) is 81.2 cm³/mol. The van der Waals surface area contributed by atoms with Gasteiger partial charge in [-0.2, -0.15) is 0 Å². The first kappa shape index (κ1) is 14.3. The van der Waals surface area contributed by atoms with Crippen LogP contribution in [0.15, 0.2) is 35.7 Å². The molecule has 2 N–H and O–H groups in total. The van der Waals surface area contributed by atoms with E-state index >= 15 is 0 Å². The van der Waals surface area contributed by atoms with Crippen LogP contribution in [-0.2, 0) is 9.59 Å². The number of ether oxygens (including phenoxy) is 1.